The molecule has 0 unspecified atom stereocenters. The number of aryl methyl sites for hydroxylation is 2. The van der Waals surface area contributed by atoms with Gasteiger partial charge in [0.2, 0.25) is 0 Å². The van der Waals surface area contributed by atoms with Gasteiger partial charge in [-0.25, -0.2) is 0 Å². The van der Waals surface area contributed by atoms with E-state index in [1.54, 1.807) is 0 Å². The Kier molecular flexibility index (Phi) is 3.94. The van der Waals surface area contributed by atoms with Gasteiger partial charge in [-0.05, 0) is 42.6 Å². The van der Waals surface area contributed by atoms with Crippen LogP contribution in [0.1, 0.15) is 36.7 Å². The van der Waals surface area contributed by atoms with Gasteiger partial charge in [-0.15, -0.1) is 0 Å². The van der Waals surface area contributed by atoms with E-state index in [1.165, 1.54) is 24.1 Å². The Balaban J connectivity index is 1.70. The molecule has 2 aromatic rings. The monoisotopic (exact) mass is 337 g/mol. The Bertz CT molecular complexity index is 597. The third-order valence-corrected chi connectivity index (χ3v) is 4.66. The quantitative estimate of drug-likeness (QED) is 0.880. The number of nitrogens with one attached hydrogen (secondary N) is 1. The highest BCUT2D eigenvalue weighted by atomic mass is 79.9. The van der Waals surface area contributed by atoms with Crippen LogP contribution in [-0.2, 0) is 19.6 Å². The second-order valence-electron chi connectivity index (χ2n) is 5.36. The molecule has 0 spiro atoms. The predicted octanol–water partition coefficient (Wildman–Crippen LogP) is 2.47. The molecule has 0 saturated heterocycles. The van der Waals surface area contributed by atoms with Crippen LogP contribution in [0.3, 0.4) is 0 Å². The molecule has 0 atom stereocenters. The van der Waals surface area contributed by atoms with Gasteiger partial charge in [-0.2, -0.15) is 10.2 Å². The molecule has 0 aliphatic heterocycles. The van der Waals surface area contributed by atoms with Gasteiger partial charge >= 0.3 is 0 Å². The Morgan fingerprint density at radius 1 is 1.45 bits per heavy atom. The van der Waals surface area contributed by atoms with Crippen LogP contribution in [0.15, 0.2) is 16.9 Å². The molecule has 0 aromatic carbocycles. The zero-order valence-electron chi connectivity index (χ0n) is 11.9. The molecule has 0 amide bonds. The lowest BCUT2D eigenvalue weighted by Crippen LogP contribution is -2.14. The van der Waals surface area contributed by atoms with Crippen molar-refractivity contribution in [1.82, 2.24) is 24.9 Å². The molecule has 20 heavy (non-hydrogen) atoms. The second-order valence-corrected chi connectivity index (χ2v) is 6.16. The maximum atomic E-state index is 4.52. The van der Waals surface area contributed by atoms with Crippen molar-refractivity contribution >= 4 is 15.9 Å². The summed E-state index contributed by atoms with van der Waals surface area (Å²) in [5.41, 5.74) is 3.45. The molecule has 0 radical (unpaired) electrons. The Labute approximate surface area is 127 Å². The van der Waals surface area contributed by atoms with Gasteiger partial charge in [0, 0.05) is 30.9 Å². The standard InChI is InChI=1S/C14H20BrN5/c1-3-20-13(14(15)10(2)18-20)9-19-8-11(7-17-19)6-16-12-4-5-12/h7-8,12,16H,3-6,9H2,1-2H3. The topological polar surface area (TPSA) is 47.7 Å². The number of halogens is 1. The molecule has 1 aliphatic rings. The molecular formula is C14H20BrN5. The predicted molar refractivity (Wildman–Crippen MR) is 81.5 cm³/mol. The molecule has 6 heteroatoms. The lowest BCUT2D eigenvalue weighted by Gasteiger charge is -2.05. The summed E-state index contributed by atoms with van der Waals surface area (Å²) in [6.45, 7) is 6.67. The molecule has 108 valence electrons. The summed E-state index contributed by atoms with van der Waals surface area (Å²) >= 11 is 3.63. The molecule has 0 bridgehead atoms. The Morgan fingerprint density at radius 3 is 2.95 bits per heavy atom. The fourth-order valence-electron chi connectivity index (χ4n) is 2.31. The summed E-state index contributed by atoms with van der Waals surface area (Å²) in [6, 6.07) is 0.733. The van der Waals surface area contributed by atoms with E-state index in [1.807, 2.05) is 22.5 Å². The number of hydrogen-bond donors (Lipinski definition) is 1. The second kappa shape index (κ2) is 5.69. The molecule has 2 heterocycles. The average Bonchev–Trinajstić information content (AvgIpc) is 3.11. The maximum absolute atomic E-state index is 4.52. The summed E-state index contributed by atoms with van der Waals surface area (Å²) in [6.07, 6.45) is 6.69. The van der Waals surface area contributed by atoms with Gasteiger partial charge in [0.15, 0.2) is 0 Å². The molecule has 2 aromatic heterocycles. The van der Waals surface area contributed by atoms with E-state index in [4.69, 9.17) is 0 Å². The number of rotatable bonds is 6. The molecule has 1 N–H and O–H groups in total. The highest BCUT2D eigenvalue weighted by Gasteiger charge is 2.20. The summed E-state index contributed by atoms with van der Waals surface area (Å²) in [7, 11) is 0. The summed E-state index contributed by atoms with van der Waals surface area (Å²) in [5.74, 6) is 0. The zero-order valence-corrected chi connectivity index (χ0v) is 13.5. The van der Waals surface area contributed by atoms with Crippen molar-refractivity contribution in [3.63, 3.8) is 0 Å². The van der Waals surface area contributed by atoms with Crippen molar-refractivity contribution in [3.05, 3.63) is 33.8 Å². The van der Waals surface area contributed by atoms with Crippen molar-refractivity contribution < 1.29 is 0 Å². The van der Waals surface area contributed by atoms with Crippen LogP contribution >= 0.6 is 15.9 Å². The number of aromatic nitrogens is 4. The van der Waals surface area contributed by atoms with E-state index >= 15 is 0 Å². The first kappa shape index (κ1) is 13.8. The minimum atomic E-state index is 0.733. The van der Waals surface area contributed by atoms with Crippen molar-refractivity contribution in [2.45, 2.75) is 52.4 Å². The normalized spacial score (nSPS) is 14.9. The minimum absolute atomic E-state index is 0.733. The van der Waals surface area contributed by atoms with Crippen LogP contribution in [0.25, 0.3) is 0 Å². The van der Waals surface area contributed by atoms with Crippen molar-refractivity contribution in [2.24, 2.45) is 0 Å². The van der Waals surface area contributed by atoms with Gasteiger partial charge < -0.3 is 5.32 Å². The van der Waals surface area contributed by atoms with Crippen LogP contribution in [-0.4, -0.2) is 25.6 Å². The SMILES string of the molecule is CCn1nc(C)c(Br)c1Cn1cc(CNC2CC2)cn1. The van der Waals surface area contributed by atoms with Crippen LogP contribution in [0.4, 0.5) is 0 Å². The van der Waals surface area contributed by atoms with E-state index in [0.29, 0.717) is 0 Å². The molecular weight excluding hydrogens is 318 g/mol. The molecule has 1 saturated carbocycles. The van der Waals surface area contributed by atoms with Gasteiger partial charge in [-0.1, -0.05) is 0 Å². The fraction of sp³-hybridized carbons (Fsp3) is 0.571. The highest BCUT2D eigenvalue weighted by molar-refractivity contribution is 9.10. The number of hydrogen-bond acceptors (Lipinski definition) is 3. The Hall–Kier alpha value is -1.14. The molecule has 1 fully saturated rings. The minimum Gasteiger partial charge on any atom is -0.310 e. The van der Waals surface area contributed by atoms with Crippen LogP contribution < -0.4 is 5.32 Å². The Morgan fingerprint density at radius 2 is 2.25 bits per heavy atom. The largest absolute Gasteiger partial charge is 0.310 e. The van der Waals surface area contributed by atoms with Crippen molar-refractivity contribution in [3.8, 4) is 0 Å². The average molecular weight is 338 g/mol. The van der Waals surface area contributed by atoms with Crippen LogP contribution in [0.5, 0.6) is 0 Å². The third kappa shape index (κ3) is 2.96. The lowest BCUT2D eigenvalue weighted by atomic mass is 10.3. The third-order valence-electron chi connectivity index (χ3n) is 3.62. The van der Waals surface area contributed by atoms with Crippen molar-refractivity contribution in [2.75, 3.05) is 0 Å². The van der Waals surface area contributed by atoms with Gasteiger partial charge in [-0.3, -0.25) is 9.36 Å². The lowest BCUT2D eigenvalue weighted by molar-refractivity contribution is 0.573. The highest BCUT2D eigenvalue weighted by Crippen LogP contribution is 2.22. The van der Waals surface area contributed by atoms with Crippen molar-refractivity contribution in [1.29, 1.82) is 0 Å². The summed E-state index contributed by atoms with van der Waals surface area (Å²) < 4.78 is 5.10. The summed E-state index contributed by atoms with van der Waals surface area (Å²) in [4.78, 5) is 0. The van der Waals surface area contributed by atoms with Gasteiger partial charge in [0.25, 0.3) is 0 Å². The first-order chi connectivity index (χ1) is 9.67. The van der Waals surface area contributed by atoms with E-state index < -0.39 is 0 Å². The molecule has 1 aliphatic carbocycles. The first-order valence-corrected chi connectivity index (χ1v) is 7.93. The molecule has 3 rings (SSSR count). The number of nitrogens with zero attached hydrogens (tertiary/aromatic N) is 4. The zero-order chi connectivity index (χ0) is 14.1. The summed E-state index contributed by atoms with van der Waals surface area (Å²) in [5, 5.41) is 12.5. The van der Waals surface area contributed by atoms with E-state index in [0.717, 1.165) is 35.8 Å². The fourth-order valence-corrected chi connectivity index (χ4v) is 2.72. The van der Waals surface area contributed by atoms with Gasteiger partial charge in [0.1, 0.15) is 0 Å². The molecule has 5 nitrogen and oxygen atoms in total. The smallest absolute Gasteiger partial charge is 0.0839 e. The van der Waals surface area contributed by atoms with E-state index in [9.17, 15) is 0 Å². The van der Waals surface area contributed by atoms with E-state index in [2.05, 4.69) is 44.6 Å². The van der Waals surface area contributed by atoms with E-state index in [-0.39, 0.29) is 0 Å². The van der Waals surface area contributed by atoms with Crippen LogP contribution in [0, 0.1) is 6.92 Å². The first-order valence-electron chi connectivity index (χ1n) is 7.14. The van der Waals surface area contributed by atoms with Crippen LogP contribution in [0.2, 0.25) is 0 Å². The maximum Gasteiger partial charge on any atom is 0.0839 e. The van der Waals surface area contributed by atoms with Gasteiger partial charge in [0.05, 0.1) is 28.6 Å².